The first-order chi connectivity index (χ1) is 17.1. The van der Waals surface area contributed by atoms with Gasteiger partial charge in [-0.15, -0.1) is 6.42 Å². The van der Waals surface area contributed by atoms with Gasteiger partial charge in [0, 0.05) is 49.9 Å². The third kappa shape index (κ3) is 7.17. The highest BCUT2D eigenvalue weighted by molar-refractivity contribution is 6.33. The van der Waals surface area contributed by atoms with Crippen LogP contribution in [-0.4, -0.2) is 54.0 Å². The summed E-state index contributed by atoms with van der Waals surface area (Å²) in [7, 11) is 0. The lowest BCUT2D eigenvalue weighted by molar-refractivity contribution is 0.0464. The normalized spacial score (nSPS) is 21.9. The third-order valence-corrected chi connectivity index (χ3v) is 7.71. The molecule has 1 aliphatic carbocycles. The van der Waals surface area contributed by atoms with E-state index in [2.05, 4.69) is 27.6 Å². The molecule has 3 heterocycles. The molecular weight excluding hydrogens is 460 g/mol. The Balaban J connectivity index is 1.38. The van der Waals surface area contributed by atoms with Crippen molar-refractivity contribution in [3.63, 3.8) is 0 Å². The molecule has 0 unspecified atom stereocenters. The van der Waals surface area contributed by atoms with E-state index < -0.39 is 0 Å². The van der Waals surface area contributed by atoms with E-state index in [9.17, 15) is 0 Å². The standard InChI is InChI=1S/C28H37ClN4O2/c1-2-28(11-15-35-16-12-28)20-32-27-6-3-5-26(33-27)24-18-23(31-19-25(24)29)17-21-7-9-22(10-8-21)30-13-4-14-34/h1,3,5-6,18-19,21-22,30,34H,4,7-17,20H2,(H,32,33). The minimum absolute atomic E-state index is 0.190. The summed E-state index contributed by atoms with van der Waals surface area (Å²) in [5.41, 5.74) is 2.62. The van der Waals surface area contributed by atoms with Crippen LogP contribution in [0.2, 0.25) is 5.02 Å². The van der Waals surface area contributed by atoms with Crippen LogP contribution in [0.3, 0.4) is 0 Å². The Morgan fingerprint density at radius 2 is 2.00 bits per heavy atom. The first kappa shape index (κ1) is 25.9. The average Bonchev–Trinajstić information content (AvgIpc) is 2.90. The SMILES string of the molecule is C#CC1(CNc2cccc(-c3cc(CC4CCC(NCCCO)CC4)ncc3Cl)n2)CCOCC1. The predicted molar refractivity (Wildman–Crippen MR) is 141 cm³/mol. The maximum absolute atomic E-state index is 8.97. The average molecular weight is 497 g/mol. The number of nitrogens with zero attached hydrogens (tertiary/aromatic N) is 2. The molecule has 2 fully saturated rings. The fraction of sp³-hybridized carbons (Fsp3) is 0.571. The molecule has 7 heteroatoms. The molecule has 35 heavy (non-hydrogen) atoms. The first-order valence-electron chi connectivity index (χ1n) is 12.9. The molecule has 0 amide bonds. The summed E-state index contributed by atoms with van der Waals surface area (Å²) < 4.78 is 5.49. The van der Waals surface area contributed by atoms with Gasteiger partial charge in [-0.2, -0.15) is 0 Å². The first-order valence-corrected chi connectivity index (χ1v) is 13.2. The van der Waals surface area contributed by atoms with Crippen molar-refractivity contribution < 1.29 is 9.84 Å². The van der Waals surface area contributed by atoms with Gasteiger partial charge in [0.1, 0.15) is 5.82 Å². The third-order valence-electron chi connectivity index (χ3n) is 7.41. The van der Waals surface area contributed by atoms with Crippen molar-refractivity contribution >= 4 is 17.4 Å². The Labute approximate surface area is 214 Å². The molecule has 188 valence electrons. The van der Waals surface area contributed by atoms with Crippen molar-refractivity contribution in [2.45, 2.75) is 57.4 Å². The van der Waals surface area contributed by atoms with Gasteiger partial charge in [-0.1, -0.05) is 23.6 Å². The smallest absolute Gasteiger partial charge is 0.126 e. The van der Waals surface area contributed by atoms with E-state index in [0.717, 1.165) is 55.0 Å². The maximum atomic E-state index is 8.97. The molecule has 3 N–H and O–H groups in total. The van der Waals surface area contributed by atoms with Crippen LogP contribution in [0.4, 0.5) is 5.82 Å². The van der Waals surface area contributed by atoms with Crippen LogP contribution in [-0.2, 0) is 11.2 Å². The predicted octanol–water partition coefficient (Wildman–Crippen LogP) is 4.71. The molecular formula is C28H37ClN4O2. The van der Waals surface area contributed by atoms with Crippen LogP contribution >= 0.6 is 11.6 Å². The molecule has 4 rings (SSSR count). The number of hydrogen-bond donors (Lipinski definition) is 3. The van der Waals surface area contributed by atoms with Crippen molar-refractivity contribution in [2.24, 2.45) is 11.3 Å². The van der Waals surface area contributed by atoms with Crippen LogP contribution in [0.1, 0.15) is 50.6 Å². The highest BCUT2D eigenvalue weighted by atomic mass is 35.5. The minimum Gasteiger partial charge on any atom is -0.396 e. The number of anilines is 1. The van der Waals surface area contributed by atoms with Crippen molar-refractivity contribution in [3.05, 3.63) is 41.2 Å². The van der Waals surface area contributed by atoms with Crippen LogP contribution in [0.5, 0.6) is 0 Å². The highest BCUT2D eigenvalue weighted by Gasteiger charge is 2.30. The van der Waals surface area contributed by atoms with Gasteiger partial charge < -0.3 is 20.5 Å². The summed E-state index contributed by atoms with van der Waals surface area (Å²) in [6.07, 6.45) is 15.9. The van der Waals surface area contributed by atoms with Crippen molar-refractivity contribution in [3.8, 4) is 23.6 Å². The lowest BCUT2D eigenvalue weighted by Gasteiger charge is -2.32. The molecule has 2 aliphatic rings. The molecule has 2 aromatic heterocycles. The van der Waals surface area contributed by atoms with Crippen LogP contribution in [0.15, 0.2) is 30.5 Å². The van der Waals surface area contributed by atoms with Crippen LogP contribution in [0, 0.1) is 23.7 Å². The second kappa shape index (κ2) is 12.7. The number of hydrogen-bond acceptors (Lipinski definition) is 6. The largest absolute Gasteiger partial charge is 0.396 e. The quantitative estimate of drug-likeness (QED) is 0.326. The van der Waals surface area contributed by atoms with E-state index >= 15 is 0 Å². The van der Waals surface area contributed by atoms with E-state index in [1.807, 2.05) is 18.2 Å². The fourth-order valence-electron chi connectivity index (χ4n) is 5.12. The van der Waals surface area contributed by atoms with Gasteiger partial charge in [0.15, 0.2) is 0 Å². The monoisotopic (exact) mass is 496 g/mol. The summed E-state index contributed by atoms with van der Waals surface area (Å²) in [5, 5.41) is 16.6. The van der Waals surface area contributed by atoms with Gasteiger partial charge in [0.2, 0.25) is 0 Å². The molecule has 0 radical (unpaired) electrons. The van der Waals surface area contributed by atoms with E-state index in [1.54, 1.807) is 6.20 Å². The number of terminal acetylenes is 1. The molecule has 0 aromatic carbocycles. The molecule has 1 aliphatic heterocycles. The van der Waals surface area contributed by atoms with E-state index in [-0.39, 0.29) is 12.0 Å². The number of ether oxygens (including phenoxy) is 1. The van der Waals surface area contributed by atoms with Crippen LogP contribution in [0.25, 0.3) is 11.3 Å². The lowest BCUT2D eigenvalue weighted by atomic mass is 9.81. The number of nitrogens with one attached hydrogen (secondary N) is 2. The summed E-state index contributed by atoms with van der Waals surface area (Å²) in [6, 6.07) is 8.63. The Morgan fingerprint density at radius 3 is 2.74 bits per heavy atom. The fourth-order valence-corrected chi connectivity index (χ4v) is 5.32. The molecule has 1 saturated heterocycles. The molecule has 1 saturated carbocycles. The number of aromatic nitrogens is 2. The molecule has 0 atom stereocenters. The summed E-state index contributed by atoms with van der Waals surface area (Å²) in [6.45, 7) is 3.23. The molecule has 2 aromatic rings. The number of aliphatic hydroxyl groups excluding tert-OH is 1. The number of rotatable bonds is 10. The minimum atomic E-state index is -0.190. The van der Waals surface area contributed by atoms with E-state index in [4.69, 9.17) is 32.9 Å². The summed E-state index contributed by atoms with van der Waals surface area (Å²) >= 11 is 6.56. The van der Waals surface area contributed by atoms with Gasteiger partial charge in [-0.25, -0.2) is 4.98 Å². The van der Waals surface area contributed by atoms with Crippen molar-refractivity contribution in [1.82, 2.24) is 15.3 Å². The molecule has 0 bridgehead atoms. The topological polar surface area (TPSA) is 79.3 Å². The Hall–Kier alpha value is -2.17. The van der Waals surface area contributed by atoms with Gasteiger partial charge in [-0.3, -0.25) is 4.98 Å². The lowest BCUT2D eigenvalue weighted by Crippen LogP contribution is -2.34. The number of halogens is 1. The van der Waals surface area contributed by atoms with Crippen LogP contribution < -0.4 is 10.6 Å². The summed E-state index contributed by atoms with van der Waals surface area (Å²) in [4.78, 5) is 9.46. The zero-order valence-electron chi connectivity index (χ0n) is 20.4. The Morgan fingerprint density at radius 1 is 1.20 bits per heavy atom. The Bertz CT molecular complexity index is 995. The molecule has 6 nitrogen and oxygen atoms in total. The van der Waals surface area contributed by atoms with Gasteiger partial charge in [0.25, 0.3) is 0 Å². The van der Waals surface area contributed by atoms with E-state index in [0.29, 0.717) is 36.7 Å². The van der Waals surface area contributed by atoms with Crippen molar-refractivity contribution in [2.75, 3.05) is 38.2 Å². The highest BCUT2D eigenvalue weighted by Crippen LogP contribution is 2.32. The van der Waals surface area contributed by atoms with Gasteiger partial charge >= 0.3 is 0 Å². The number of pyridine rings is 2. The number of aliphatic hydroxyl groups is 1. The second-order valence-electron chi connectivity index (χ2n) is 9.91. The Kier molecular flexibility index (Phi) is 9.39. The van der Waals surface area contributed by atoms with E-state index in [1.165, 1.54) is 25.7 Å². The molecule has 0 spiro atoms. The van der Waals surface area contributed by atoms with Gasteiger partial charge in [0.05, 0.1) is 16.1 Å². The summed E-state index contributed by atoms with van der Waals surface area (Å²) in [5.74, 6) is 4.42. The second-order valence-corrected chi connectivity index (χ2v) is 10.3. The maximum Gasteiger partial charge on any atom is 0.126 e. The van der Waals surface area contributed by atoms with Gasteiger partial charge in [-0.05, 0) is 82.0 Å². The van der Waals surface area contributed by atoms with Crippen molar-refractivity contribution in [1.29, 1.82) is 0 Å². The zero-order valence-corrected chi connectivity index (χ0v) is 21.2. The zero-order chi connectivity index (χ0) is 24.5.